The van der Waals surface area contributed by atoms with Gasteiger partial charge in [0.05, 0.1) is 5.69 Å². The highest BCUT2D eigenvalue weighted by Crippen LogP contribution is 2.32. The molecule has 20 heavy (non-hydrogen) atoms. The van der Waals surface area contributed by atoms with E-state index in [9.17, 15) is 4.79 Å². The van der Waals surface area contributed by atoms with Crippen LogP contribution in [0.15, 0.2) is 34.2 Å². The van der Waals surface area contributed by atoms with Crippen LogP contribution in [0.2, 0.25) is 0 Å². The third-order valence-electron chi connectivity index (χ3n) is 2.88. The van der Waals surface area contributed by atoms with Gasteiger partial charge in [0.25, 0.3) is 0 Å². The molecule has 106 valence electrons. The fourth-order valence-corrected chi connectivity index (χ4v) is 2.99. The van der Waals surface area contributed by atoms with Crippen LogP contribution in [0.4, 0.5) is 5.69 Å². The van der Waals surface area contributed by atoms with Crippen molar-refractivity contribution in [2.24, 2.45) is 12.8 Å². The summed E-state index contributed by atoms with van der Waals surface area (Å²) in [6.45, 7) is 3.94. The number of anilines is 1. The molecule has 0 aliphatic heterocycles. The number of hydrogen-bond donors (Lipinski definition) is 2. The second-order valence-electron chi connectivity index (χ2n) is 4.50. The summed E-state index contributed by atoms with van der Waals surface area (Å²) >= 11 is 1.62. The van der Waals surface area contributed by atoms with Gasteiger partial charge in [-0.05, 0) is 31.2 Å². The minimum absolute atomic E-state index is 0.0712. The third kappa shape index (κ3) is 3.20. The van der Waals surface area contributed by atoms with Crippen LogP contribution in [0.1, 0.15) is 18.2 Å². The second-order valence-corrected chi connectivity index (χ2v) is 5.57. The molecule has 1 heterocycles. The summed E-state index contributed by atoms with van der Waals surface area (Å²) in [5.74, 6) is -0.0712. The monoisotopic (exact) mass is 290 g/mol. The fraction of sp³-hybridized carbons (Fsp3) is 0.286. The molecule has 1 aromatic heterocycles. The van der Waals surface area contributed by atoms with Crippen LogP contribution in [0.3, 0.4) is 0 Å². The number of hydrogen-bond acceptors (Lipinski definition) is 4. The second kappa shape index (κ2) is 6.11. The maximum Gasteiger partial charge on any atom is 0.221 e. The highest BCUT2D eigenvalue weighted by atomic mass is 32.2. The van der Waals surface area contributed by atoms with Gasteiger partial charge in [-0.15, -0.1) is 0 Å². The lowest BCUT2D eigenvalue weighted by Gasteiger charge is -2.06. The molecule has 0 saturated carbocycles. The predicted molar refractivity (Wildman–Crippen MR) is 80.7 cm³/mol. The molecule has 1 aromatic carbocycles. The molecule has 0 atom stereocenters. The van der Waals surface area contributed by atoms with Crippen LogP contribution in [0.25, 0.3) is 0 Å². The molecular formula is C14H18N4OS. The average molecular weight is 290 g/mol. The molecule has 0 fully saturated rings. The van der Waals surface area contributed by atoms with Crippen molar-refractivity contribution in [3.63, 3.8) is 0 Å². The van der Waals surface area contributed by atoms with E-state index in [1.807, 2.05) is 42.9 Å². The van der Waals surface area contributed by atoms with Crippen LogP contribution in [0, 0.1) is 6.92 Å². The minimum Gasteiger partial charge on any atom is -0.326 e. The van der Waals surface area contributed by atoms with E-state index in [-0.39, 0.29) is 5.91 Å². The maximum absolute atomic E-state index is 11.0. The number of nitrogens with zero attached hydrogens (tertiary/aromatic N) is 2. The Labute approximate surface area is 122 Å². The van der Waals surface area contributed by atoms with E-state index in [1.54, 1.807) is 11.8 Å². The first-order valence-corrected chi connectivity index (χ1v) is 7.11. The molecule has 6 heteroatoms. The van der Waals surface area contributed by atoms with Gasteiger partial charge in [0, 0.05) is 36.7 Å². The Morgan fingerprint density at radius 1 is 1.40 bits per heavy atom. The van der Waals surface area contributed by atoms with Gasteiger partial charge in [-0.2, -0.15) is 5.10 Å². The summed E-state index contributed by atoms with van der Waals surface area (Å²) < 4.78 is 1.85. The number of benzene rings is 1. The van der Waals surface area contributed by atoms with Crippen molar-refractivity contribution >= 4 is 23.4 Å². The van der Waals surface area contributed by atoms with Gasteiger partial charge in [0.2, 0.25) is 5.91 Å². The lowest BCUT2D eigenvalue weighted by molar-refractivity contribution is -0.114. The first kappa shape index (κ1) is 14.6. The van der Waals surface area contributed by atoms with E-state index in [4.69, 9.17) is 5.73 Å². The predicted octanol–water partition coefficient (Wildman–Crippen LogP) is 2.30. The number of amides is 1. The lowest BCUT2D eigenvalue weighted by atomic mass is 10.3. The van der Waals surface area contributed by atoms with E-state index in [2.05, 4.69) is 10.4 Å². The topological polar surface area (TPSA) is 72.9 Å². The molecule has 0 unspecified atom stereocenters. The summed E-state index contributed by atoms with van der Waals surface area (Å²) in [5, 5.41) is 8.19. The Morgan fingerprint density at radius 3 is 2.60 bits per heavy atom. The number of rotatable bonds is 4. The zero-order valence-electron chi connectivity index (χ0n) is 11.8. The van der Waals surface area contributed by atoms with Crippen LogP contribution in [-0.2, 0) is 18.4 Å². The number of carbonyl (C=O) groups excluding carboxylic acids is 1. The van der Waals surface area contributed by atoms with E-state index in [0.29, 0.717) is 6.54 Å². The van der Waals surface area contributed by atoms with Crippen molar-refractivity contribution in [1.82, 2.24) is 9.78 Å². The number of nitrogens with two attached hydrogens (primary N) is 1. The van der Waals surface area contributed by atoms with Crippen molar-refractivity contribution < 1.29 is 4.79 Å². The lowest BCUT2D eigenvalue weighted by Crippen LogP contribution is -2.05. The molecule has 5 nitrogen and oxygen atoms in total. The number of nitrogens with one attached hydrogen (secondary N) is 1. The normalized spacial score (nSPS) is 10.6. The van der Waals surface area contributed by atoms with Crippen LogP contribution < -0.4 is 11.1 Å². The molecular weight excluding hydrogens is 272 g/mol. The molecule has 2 rings (SSSR count). The largest absolute Gasteiger partial charge is 0.326 e. The van der Waals surface area contributed by atoms with Gasteiger partial charge in [-0.3, -0.25) is 9.48 Å². The number of carbonyl (C=O) groups is 1. The van der Waals surface area contributed by atoms with Gasteiger partial charge in [-0.1, -0.05) is 11.8 Å². The fourth-order valence-electron chi connectivity index (χ4n) is 1.96. The quantitative estimate of drug-likeness (QED) is 0.906. The molecule has 1 amide bonds. The standard InChI is InChI=1S/C14H18N4OS/c1-9-13(8-15)14(18(3)17-9)20-12-6-4-11(5-7-12)16-10(2)19/h4-7H,8,15H2,1-3H3,(H,16,19). The van der Waals surface area contributed by atoms with Crippen LogP contribution >= 0.6 is 11.8 Å². The molecule has 0 bridgehead atoms. The van der Waals surface area contributed by atoms with Gasteiger partial charge in [-0.25, -0.2) is 0 Å². The number of aromatic nitrogens is 2. The minimum atomic E-state index is -0.0712. The van der Waals surface area contributed by atoms with Gasteiger partial charge >= 0.3 is 0 Å². The molecule has 0 spiro atoms. The Hall–Kier alpha value is -1.79. The first-order valence-electron chi connectivity index (χ1n) is 6.29. The van der Waals surface area contributed by atoms with Crippen molar-refractivity contribution in [3.8, 4) is 0 Å². The van der Waals surface area contributed by atoms with Gasteiger partial charge in [0.15, 0.2) is 0 Å². The zero-order valence-corrected chi connectivity index (χ0v) is 12.6. The average Bonchev–Trinajstić information content (AvgIpc) is 2.65. The van der Waals surface area contributed by atoms with E-state index < -0.39 is 0 Å². The van der Waals surface area contributed by atoms with E-state index in [0.717, 1.165) is 26.9 Å². The highest BCUT2D eigenvalue weighted by Gasteiger charge is 2.13. The first-order chi connectivity index (χ1) is 9.51. The zero-order chi connectivity index (χ0) is 14.7. The van der Waals surface area contributed by atoms with Gasteiger partial charge in [0.1, 0.15) is 5.03 Å². The molecule has 3 N–H and O–H groups in total. The smallest absolute Gasteiger partial charge is 0.221 e. The molecule has 0 aliphatic rings. The van der Waals surface area contributed by atoms with Gasteiger partial charge < -0.3 is 11.1 Å². The maximum atomic E-state index is 11.0. The Bertz CT molecular complexity index is 619. The van der Waals surface area contributed by atoms with Crippen molar-refractivity contribution in [2.45, 2.75) is 30.3 Å². The Kier molecular flexibility index (Phi) is 4.46. The SMILES string of the molecule is CC(=O)Nc1ccc(Sc2c(CN)c(C)nn2C)cc1. The summed E-state index contributed by atoms with van der Waals surface area (Å²) in [6, 6.07) is 7.71. The molecule has 0 radical (unpaired) electrons. The summed E-state index contributed by atoms with van der Waals surface area (Å²) in [4.78, 5) is 12.1. The summed E-state index contributed by atoms with van der Waals surface area (Å²) in [6.07, 6.45) is 0. The summed E-state index contributed by atoms with van der Waals surface area (Å²) in [5.41, 5.74) is 8.61. The van der Waals surface area contributed by atoms with Crippen LogP contribution in [-0.4, -0.2) is 15.7 Å². The van der Waals surface area contributed by atoms with Crippen molar-refractivity contribution in [2.75, 3.05) is 5.32 Å². The third-order valence-corrected chi connectivity index (χ3v) is 4.09. The van der Waals surface area contributed by atoms with E-state index >= 15 is 0 Å². The number of aryl methyl sites for hydroxylation is 2. The molecule has 0 saturated heterocycles. The Balaban J connectivity index is 2.20. The summed E-state index contributed by atoms with van der Waals surface area (Å²) in [7, 11) is 1.92. The van der Waals surface area contributed by atoms with Crippen molar-refractivity contribution in [1.29, 1.82) is 0 Å². The molecule has 0 aliphatic carbocycles. The van der Waals surface area contributed by atoms with Crippen molar-refractivity contribution in [3.05, 3.63) is 35.5 Å². The highest BCUT2D eigenvalue weighted by molar-refractivity contribution is 7.99. The van der Waals surface area contributed by atoms with Crippen LogP contribution in [0.5, 0.6) is 0 Å². The molecule has 2 aromatic rings. The Morgan fingerprint density at radius 2 is 2.05 bits per heavy atom. The van der Waals surface area contributed by atoms with E-state index in [1.165, 1.54) is 6.92 Å².